The Labute approximate surface area is 150 Å². The predicted octanol–water partition coefficient (Wildman–Crippen LogP) is 1.87. The highest BCUT2D eigenvalue weighted by Crippen LogP contribution is 2.24. The van der Waals surface area contributed by atoms with E-state index in [1.54, 1.807) is 24.3 Å². The second-order valence-corrected chi connectivity index (χ2v) is 8.10. The minimum atomic E-state index is -3.67. The van der Waals surface area contributed by atoms with E-state index in [-0.39, 0.29) is 16.2 Å². The second-order valence-electron chi connectivity index (χ2n) is 6.19. The van der Waals surface area contributed by atoms with E-state index in [1.807, 2.05) is 0 Å². The molecular weight excluding hydrogens is 359 g/mol. The van der Waals surface area contributed by atoms with Gasteiger partial charge in [-0.05, 0) is 40.1 Å². The molecule has 0 amide bonds. The maximum absolute atomic E-state index is 13.0. The molecule has 4 rings (SSSR count). The topological polar surface area (TPSA) is 79.5 Å². The molecule has 7 nitrogen and oxygen atoms in total. The molecule has 0 N–H and O–H groups in total. The van der Waals surface area contributed by atoms with E-state index in [1.165, 1.54) is 22.5 Å². The molecule has 1 fully saturated rings. The minimum Gasteiger partial charge on any atom is -0.296 e. The third-order valence-corrected chi connectivity index (χ3v) is 6.45. The number of piperazine rings is 1. The summed E-state index contributed by atoms with van der Waals surface area (Å²) in [6, 6.07) is 11.2. The molecule has 0 saturated carbocycles. The summed E-state index contributed by atoms with van der Waals surface area (Å²) in [5.41, 5.74) is 1.67. The Bertz CT molecular complexity index is 1010. The van der Waals surface area contributed by atoms with Gasteiger partial charge in [-0.2, -0.15) is 4.31 Å². The maximum atomic E-state index is 13.0. The average molecular weight is 376 g/mol. The smallest absolute Gasteiger partial charge is 0.245 e. The summed E-state index contributed by atoms with van der Waals surface area (Å²) in [5.74, 6) is -0.263. The molecule has 9 heteroatoms. The number of nitrogens with zero attached hydrogens (tertiary/aromatic N) is 4. The number of benzene rings is 2. The quantitative estimate of drug-likeness (QED) is 0.692. The van der Waals surface area contributed by atoms with Crippen LogP contribution < -0.4 is 0 Å². The molecule has 0 spiro atoms. The van der Waals surface area contributed by atoms with Crippen LogP contribution in [0.5, 0.6) is 0 Å². The van der Waals surface area contributed by atoms with Gasteiger partial charge in [0.05, 0.1) is 0 Å². The van der Waals surface area contributed by atoms with Gasteiger partial charge in [-0.25, -0.2) is 17.4 Å². The Hall–Kier alpha value is -2.36. The van der Waals surface area contributed by atoms with E-state index in [0.717, 1.165) is 5.56 Å². The Morgan fingerprint density at radius 3 is 2.46 bits per heavy atom. The van der Waals surface area contributed by atoms with Crippen LogP contribution in [-0.4, -0.2) is 54.1 Å². The molecule has 0 radical (unpaired) electrons. The molecule has 2 heterocycles. The van der Waals surface area contributed by atoms with E-state index in [0.29, 0.717) is 38.2 Å². The first-order valence-corrected chi connectivity index (χ1v) is 9.66. The zero-order valence-electron chi connectivity index (χ0n) is 13.9. The van der Waals surface area contributed by atoms with E-state index in [9.17, 15) is 12.8 Å². The SMILES string of the molecule is O=S(=O)(c1cccc2nonc12)N1CCN(Cc2ccc(F)cc2)CC1. The number of hydrogen-bond acceptors (Lipinski definition) is 6. The van der Waals surface area contributed by atoms with Crippen LogP contribution in [0.3, 0.4) is 0 Å². The molecule has 0 atom stereocenters. The molecular formula is C17H17FN4O3S. The van der Waals surface area contributed by atoms with Crippen molar-refractivity contribution in [1.82, 2.24) is 19.5 Å². The van der Waals surface area contributed by atoms with E-state index in [2.05, 4.69) is 19.8 Å². The van der Waals surface area contributed by atoms with Gasteiger partial charge in [0.1, 0.15) is 16.2 Å². The zero-order valence-corrected chi connectivity index (χ0v) is 14.7. The number of aromatic nitrogens is 2. The molecule has 1 aliphatic heterocycles. The lowest BCUT2D eigenvalue weighted by atomic mass is 10.2. The van der Waals surface area contributed by atoms with Crippen molar-refractivity contribution >= 4 is 21.1 Å². The molecule has 3 aromatic rings. The van der Waals surface area contributed by atoms with Crippen LogP contribution in [0.2, 0.25) is 0 Å². The third-order valence-electron chi connectivity index (χ3n) is 4.52. The summed E-state index contributed by atoms with van der Waals surface area (Å²) in [6.07, 6.45) is 0. The highest BCUT2D eigenvalue weighted by atomic mass is 32.2. The van der Waals surface area contributed by atoms with Gasteiger partial charge in [0, 0.05) is 32.7 Å². The number of fused-ring (bicyclic) bond motifs is 1. The van der Waals surface area contributed by atoms with Crippen LogP contribution in [-0.2, 0) is 16.6 Å². The lowest BCUT2D eigenvalue weighted by Crippen LogP contribution is -2.48. The molecule has 136 valence electrons. The summed E-state index contributed by atoms with van der Waals surface area (Å²) in [7, 11) is -3.67. The Kier molecular flexibility index (Phi) is 4.43. The van der Waals surface area contributed by atoms with E-state index < -0.39 is 10.0 Å². The van der Waals surface area contributed by atoms with Gasteiger partial charge >= 0.3 is 0 Å². The van der Waals surface area contributed by atoms with Crippen molar-refractivity contribution in [3.05, 3.63) is 53.8 Å². The first kappa shape index (κ1) is 17.1. The first-order valence-electron chi connectivity index (χ1n) is 8.22. The Balaban J connectivity index is 1.47. The zero-order chi connectivity index (χ0) is 18.1. The maximum Gasteiger partial charge on any atom is 0.245 e. The molecule has 2 aromatic carbocycles. The summed E-state index contributed by atoms with van der Waals surface area (Å²) < 4.78 is 45.0. The summed E-state index contributed by atoms with van der Waals surface area (Å²) in [4.78, 5) is 2.26. The average Bonchev–Trinajstić information content (AvgIpc) is 3.13. The van der Waals surface area contributed by atoms with Gasteiger partial charge in [0.25, 0.3) is 0 Å². The van der Waals surface area contributed by atoms with Gasteiger partial charge in [0.2, 0.25) is 10.0 Å². The first-order chi connectivity index (χ1) is 12.5. The van der Waals surface area contributed by atoms with E-state index >= 15 is 0 Å². The Morgan fingerprint density at radius 2 is 1.73 bits per heavy atom. The van der Waals surface area contributed by atoms with Gasteiger partial charge in [-0.1, -0.05) is 18.2 Å². The molecule has 26 heavy (non-hydrogen) atoms. The number of hydrogen-bond donors (Lipinski definition) is 0. The number of sulfonamides is 1. The second kappa shape index (κ2) is 6.75. The summed E-state index contributed by atoms with van der Waals surface area (Å²) >= 11 is 0. The molecule has 0 aliphatic carbocycles. The minimum absolute atomic E-state index is 0.114. The molecule has 0 unspecified atom stereocenters. The highest BCUT2D eigenvalue weighted by molar-refractivity contribution is 7.89. The lowest BCUT2D eigenvalue weighted by molar-refractivity contribution is 0.181. The van der Waals surface area contributed by atoms with Crippen molar-refractivity contribution in [2.45, 2.75) is 11.4 Å². The van der Waals surface area contributed by atoms with Crippen molar-refractivity contribution in [3.63, 3.8) is 0 Å². The van der Waals surface area contributed by atoms with Crippen molar-refractivity contribution in [2.24, 2.45) is 0 Å². The van der Waals surface area contributed by atoms with Crippen molar-refractivity contribution in [3.8, 4) is 0 Å². The highest BCUT2D eigenvalue weighted by Gasteiger charge is 2.30. The van der Waals surface area contributed by atoms with Crippen molar-refractivity contribution in [1.29, 1.82) is 0 Å². The van der Waals surface area contributed by atoms with Crippen LogP contribution >= 0.6 is 0 Å². The van der Waals surface area contributed by atoms with Crippen LogP contribution in [0, 0.1) is 5.82 Å². The summed E-state index contributed by atoms with van der Waals surface area (Å²) in [6.45, 7) is 2.63. The van der Waals surface area contributed by atoms with Gasteiger partial charge < -0.3 is 0 Å². The third kappa shape index (κ3) is 3.20. The predicted molar refractivity (Wildman–Crippen MR) is 92.2 cm³/mol. The van der Waals surface area contributed by atoms with Gasteiger partial charge in [0.15, 0.2) is 5.52 Å². The molecule has 1 saturated heterocycles. The molecule has 1 aliphatic rings. The lowest BCUT2D eigenvalue weighted by Gasteiger charge is -2.34. The standard InChI is InChI=1S/C17H17FN4O3S/c18-14-6-4-13(5-7-14)12-21-8-10-22(11-9-21)26(23,24)16-3-1-2-15-17(16)20-25-19-15/h1-7H,8-12H2. The van der Waals surface area contributed by atoms with Crippen LogP contribution in [0.4, 0.5) is 4.39 Å². The van der Waals surface area contributed by atoms with Crippen LogP contribution in [0.15, 0.2) is 52.0 Å². The fourth-order valence-electron chi connectivity index (χ4n) is 3.10. The van der Waals surface area contributed by atoms with Crippen molar-refractivity contribution in [2.75, 3.05) is 26.2 Å². The van der Waals surface area contributed by atoms with Crippen molar-refractivity contribution < 1.29 is 17.4 Å². The van der Waals surface area contributed by atoms with E-state index in [4.69, 9.17) is 0 Å². The van der Waals surface area contributed by atoms with Crippen LogP contribution in [0.1, 0.15) is 5.56 Å². The molecule has 1 aromatic heterocycles. The molecule has 0 bridgehead atoms. The summed E-state index contributed by atoms with van der Waals surface area (Å²) in [5, 5.41) is 7.42. The Morgan fingerprint density at radius 1 is 1.00 bits per heavy atom. The fourth-order valence-corrected chi connectivity index (χ4v) is 4.66. The van der Waals surface area contributed by atoms with Crippen LogP contribution in [0.25, 0.3) is 11.0 Å². The fraction of sp³-hybridized carbons (Fsp3) is 0.294. The largest absolute Gasteiger partial charge is 0.296 e. The number of rotatable bonds is 4. The van der Waals surface area contributed by atoms with Gasteiger partial charge in [-0.15, -0.1) is 0 Å². The normalized spacial score (nSPS) is 17.0. The van der Waals surface area contributed by atoms with Gasteiger partial charge in [-0.3, -0.25) is 4.90 Å². The monoisotopic (exact) mass is 376 g/mol. The number of halogens is 1.